The topological polar surface area (TPSA) is 97.8 Å². The highest BCUT2D eigenvalue weighted by atomic mass is 16.1. The first-order valence-electron chi connectivity index (χ1n) is 5.24. The van der Waals surface area contributed by atoms with E-state index in [2.05, 4.69) is 9.97 Å². The monoisotopic (exact) mass is 210 g/mol. The fraction of sp³-hybridized carbons (Fsp3) is 0.600. The summed E-state index contributed by atoms with van der Waals surface area (Å²) in [5.41, 5.74) is 11.9. The molecule has 1 atom stereocenters. The van der Waals surface area contributed by atoms with Crippen molar-refractivity contribution in [1.29, 1.82) is 0 Å². The van der Waals surface area contributed by atoms with Gasteiger partial charge in [-0.15, -0.1) is 0 Å². The molecule has 1 rings (SSSR count). The number of anilines is 1. The number of hydrogen-bond acceptors (Lipinski definition) is 4. The van der Waals surface area contributed by atoms with Gasteiger partial charge in [0.1, 0.15) is 11.6 Å². The molecule has 1 heterocycles. The Hall–Kier alpha value is -1.36. The molecular formula is C10H18N4O. The van der Waals surface area contributed by atoms with Gasteiger partial charge in [-0.2, -0.15) is 0 Å². The van der Waals surface area contributed by atoms with E-state index < -0.39 is 0 Å². The van der Waals surface area contributed by atoms with E-state index in [-0.39, 0.29) is 11.6 Å². The third kappa shape index (κ3) is 2.56. The summed E-state index contributed by atoms with van der Waals surface area (Å²) >= 11 is 0. The van der Waals surface area contributed by atoms with Gasteiger partial charge in [0.2, 0.25) is 0 Å². The van der Waals surface area contributed by atoms with Crippen LogP contribution in [0, 0.1) is 0 Å². The van der Waals surface area contributed by atoms with Crippen molar-refractivity contribution in [3.63, 3.8) is 0 Å². The van der Waals surface area contributed by atoms with Gasteiger partial charge in [0.25, 0.3) is 5.56 Å². The van der Waals surface area contributed by atoms with E-state index in [1.165, 1.54) is 0 Å². The molecule has 0 aliphatic rings. The first-order valence-corrected chi connectivity index (χ1v) is 5.24. The Morgan fingerprint density at radius 2 is 2.13 bits per heavy atom. The molecule has 0 fully saturated rings. The number of H-pyrrole nitrogens is 1. The van der Waals surface area contributed by atoms with Crippen LogP contribution in [-0.4, -0.2) is 9.97 Å². The number of aromatic nitrogens is 2. The van der Waals surface area contributed by atoms with Crippen LogP contribution in [0.15, 0.2) is 4.79 Å². The first kappa shape index (κ1) is 11.7. The molecule has 0 saturated carbocycles. The quantitative estimate of drug-likeness (QED) is 0.681. The Bertz CT molecular complexity index is 385. The van der Waals surface area contributed by atoms with Crippen molar-refractivity contribution in [2.75, 3.05) is 5.73 Å². The van der Waals surface area contributed by atoms with Crippen LogP contribution in [0.25, 0.3) is 0 Å². The maximum absolute atomic E-state index is 11.6. The number of nitrogen functional groups attached to an aromatic ring is 1. The minimum Gasteiger partial charge on any atom is -0.383 e. The number of nitrogens with zero attached hydrogens (tertiary/aromatic N) is 1. The van der Waals surface area contributed by atoms with Crippen molar-refractivity contribution < 1.29 is 0 Å². The molecular weight excluding hydrogens is 192 g/mol. The average Bonchev–Trinajstić information content (AvgIpc) is 2.22. The lowest BCUT2D eigenvalue weighted by atomic mass is 10.1. The Kier molecular flexibility index (Phi) is 3.85. The number of hydrogen-bond donors (Lipinski definition) is 3. The van der Waals surface area contributed by atoms with Crippen molar-refractivity contribution in [2.45, 2.75) is 39.2 Å². The lowest BCUT2D eigenvalue weighted by molar-refractivity contribution is 0.643. The second kappa shape index (κ2) is 4.93. The number of nitrogens with one attached hydrogen (secondary N) is 1. The van der Waals surface area contributed by atoms with E-state index in [0.29, 0.717) is 23.6 Å². The van der Waals surface area contributed by atoms with E-state index in [4.69, 9.17) is 11.5 Å². The summed E-state index contributed by atoms with van der Waals surface area (Å²) in [6, 6.07) is -0.254. The van der Waals surface area contributed by atoms with E-state index >= 15 is 0 Å². The minimum absolute atomic E-state index is 0.164. The predicted octanol–water partition coefficient (Wildman–Crippen LogP) is 0.714. The summed E-state index contributed by atoms with van der Waals surface area (Å²) in [5.74, 6) is 0.777. The maximum Gasteiger partial charge on any atom is 0.256 e. The zero-order valence-electron chi connectivity index (χ0n) is 9.21. The third-order valence-electron chi connectivity index (χ3n) is 2.36. The van der Waals surface area contributed by atoms with Gasteiger partial charge in [0.15, 0.2) is 0 Å². The molecule has 0 aliphatic heterocycles. The highest BCUT2D eigenvalue weighted by Gasteiger charge is 2.11. The smallest absolute Gasteiger partial charge is 0.256 e. The Labute approximate surface area is 88.9 Å². The summed E-state index contributed by atoms with van der Waals surface area (Å²) < 4.78 is 0. The zero-order valence-corrected chi connectivity index (χ0v) is 9.21. The van der Waals surface area contributed by atoms with Gasteiger partial charge in [-0.3, -0.25) is 4.79 Å². The van der Waals surface area contributed by atoms with Gasteiger partial charge < -0.3 is 16.5 Å². The van der Waals surface area contributed by atoms with Crippen molar-refractivity contribution >= 4 is 5.82 Å². The third-order valence-corrected chi connectivity index (χ3v) is 2.36. The average molecular weight is 210 g/mol. The summed E-state index contributed by atoms with van der Waals surface area (Å²) in [5, 5.41) is 0. The van der Waals surface area contributed by atoms with Crippen LogP contribution in [0.5, 0.6) is 0 Å². The fourth-order valence-corrected chi connectivity index (χ4v) is 1.39. The minimum atomic E-state index is -0.254. The summed E-state index contributed by atoms with van der Waals surface area (Å²) in [4.78, 5) is 18.4. The Morgan fingerprint density at radius 3 is 2.60 bits per heavy atom. The summed E-state index contributed by atoms with van der Waals surface area (Å²) in [6.45, 7) is 3.92. The van der Waals surface area contributed by atoms with Crippen molar-refractivity contribution in [3.05, 3.63) is 21.7 Å². The van der Waals surface area contributed by atoms with E-state index in [1.54, 1.807) is 0 Å². The lowest BCUT2D eigenvalue weighted by Gasteiger charge is -2.10. The molecule has 0 aliphatic carbocycles. The lowest BCUT2D eigenvalue weighted by Crippen LogP contribution is -2.23. The molecule has 5 N–H and O–H groups in total. The van der Waals surface area contributed by atoms with Gasteiger partial charge in [-0.1, -0.05) is 20.3 Å². The normalized spacial score (nSPS) is 12.7. The van der Waals surface area contributed by atoms with Crippen molar-refractivity contribution in [2.24, 2.45) is 5.73 Å². The van der Waals surface area contributed by atoms with E-state index in [0.717, 1.165) is 12.8 Å². The fourth-order valence-electron chi connectivity index (χ4n) is 1.39. The van der Waals surface area contributed by atoms with Crippen LogP contribution in [0.3, 0.4) is 0 Å². The van der Waals surface area contributed by atoms with Crippen LogP contribution < -0.4 is 17.0 Å². The van der Waals surface area contributed by atoms with Crippen molar-refractivity contribution in [1.82, 2.24) is 9.97 Å². The van der Waals surface area contributed by atoms with Gasteiger partial charge in [0, 0.05) is 0 Å². The van der Waals surface area contributed by atoms with Gasteiger partial charge in [-0.05, 0) is 12.8 Å². The maximum atomic E-state index is 11.6. The second-order valence-corrected chi connectivity index (χ2v) is 3.58. The van der Waals surface area contributed by atoms with E-state index in [9.17, 15) is 4.79 Å². The van der Waals surface area contributed by atoms with Crippen LogP contribution in [-0.2, 0) is 6.42 Å². The Morgan fingerprint density at radius 1 is 1.47 bits per heavy atom. The summed E-state index contributed by atoms with van der Waals surface area (Å²) in [7, 11) is 0. The zero-order chi connectivity index (χ0) is 11.4. The second-order valence-electron chi connectivity index (χ2n) is 3.58. The predicted molar refractivity (Wildman–Crippen MR) is 60.5 cm³/mol. The molecule has 0 bridgehead atoms. The molecule has 15 heavy (non-hydrogen) atoms. The molecule has 0 radical (unpaired) electrons. The molecule has 1 aromatic heterocycles. The number of aromatic amines is 1. The van der Waals surface area contributed by atoms with Crippen LogP contribution in [0.4, 0.5) is 5.82 Å². The molecule has 0 saturated heterocycles. The Balaban J connectivity index is 3.13. The molecule has 5 nitrogen and oxygen atoms in total. The van der Waals surface area contributed by atoms with Gasteiger partial charge >= 0.3 is 0 Å². The largest absolute Gasteiger partial charge is 0.383 e. The van der Waals surface area contributed by atoms with Crippen LogP contribution in [0.2, 0.25) is 0 Å². The highest BCUT2D eigenvalue weighted by molar-refractivity contribution is 5.37. The molecule has 84 valence electrons. The molecule has 5 heteroatoms. The number of nitrogens with two attached hydrogens (primary N) is 2. The summed E-state index contributed by atoms with van der Waals surface area (Å²) in [6.07, 6.45) is 2.24. The van der Waals surface area contributed by atoms with Gasteiger partial charge in [0.05, 0.1) is 11.6 Å². The standard InChI is InChI=1S/C10H18N4O/c1-3-5-6-8(12)13-9(7(11)4-2)14-10(6)15/h7H,3-5,11H2,1-2H3,(H3,12,13,14,15). The molecule has 0 aromatic carbocycles. The van der Waals surface area contributed by atoms with Crippen LogP contribution >= 0.6 is 0 Å². The first-order chi connectivity index (χ1) is 7.10. The number of rotatable bonds is 4. The molecule has 1 unspecified atom stereocenters. The molecule has 0 spiro atoms. The van der Waals surface area contributed by atoms with Crippen LogP contribution in [0.1, 0.15) is 44.1 Å². The van der Waals surface area contributed by atoms with Crippen molar-refractivity contribution in [3.8, 4) is 0 Å². The van der Waals surface area contributed by atoms with E-state index in [1.807, 2.05) is 13.8 Å². The SMILES string of the molecule is CCCc1c(N)nc(C(N)CC)[nH]c1=O. The highest BCUT2D eigenvalue weighted by Crippen LogP contribution is 2.11. The molecule has 1 aromatic rings. The molecule has 0 amide bonds. The van der Waals surface area contributed by atoms with Gasteiger partial charge in [-0.25, -0.2) is 4.98 Å².